The number of hydrogen-bond donors (Lipinski definition) is 0. The van der Waals surface area contributed by atoms with Gasteiger partial charge in [0.25, 0.3) is 0 Å². The average Bonchev–Trinajstić information content (AvgIpc) is 2.79. The highest BCUT2D eigenvalue weighted by Gasteiger charge is 2.33. The number of nitrogens with zero attached hydrogens (tertiary/aromatic N) is 4. The quantitative estimate of drug-likeness (QED) is 0.620. The minimum Gasteiger partial charge on any atom is -0.369 e. The maximum absolute atomic E-state index is 13.6. The molecular weight excluding hydrogens is 423 g/mol. The Morgan fingerprint density at radius 1 is 0.812 bits per heavy atom. The molecule has 0 unspecified atom stereocenters. The summed E-state index contributed by atoms with van der Waals surface area (Å²) in [4.78, 5) is 9.72. The van der Waals surface area contributed by atoms with Gasteiger partial charge in [-0.05, 0) is 63.6 Å². The summed E-state index contributed by atoms with van der Waals surface area (Å²) < 4.78 is 13.6. The number of anilines is 2. The highest BCUT2D eigenvalue weighted by molar-refractivity contribution is 6.31. The van der Waals surface area contributed by atoms with E-state index in [0.717, 1.165) is 63.1 Å². The van der Waals surface area contributed by atoms with E-state index in [1.165, 1.54) is 17.3 Å². The minimum absolute atomic E-state index is 0.167. The lowest BCUT2D eigenvalue weighted by atomic mass is 9.91. The second-order valence-corrected chi connectivity index (χ2v) is 10.2. The molecule has 2 aromatic carbocycles. The Kier molecular flexibility index (Phi) is 6.99. The van der Waals surface area contributed by atoms with Crippen LogP contribution in [0, 0.1) is 5.82 Å². The second-order valence-electron chi connectivity index (χ2n) is 9.79. The van der Waals surface area contributed by atoms with E-state index < -0.39 is 0 Å². The molecule has 4 nitrogen and oxygen atoms in total. The fraction of sp³-hybridized carbons (Fsp3) is 0.538. The molecule has 6 heteroatoms. The van der Waals surface area contributed by atoms with Crippen LogP contribution >= 0.6 is 11.6 Å². The molecule has 32 heavy (non-hydrogen) atoms. The molecule has 0 saturated carbocycles. The Labute approximate surface area is 197 Å². The van der Waals surface area contributed by atoms with Gasteiger partial charge in [-0.25, -0.2) is 4.39 Å². The Morgan fingerprint density at radius 3 is 1.97 bits per heavy atom. The Morgan fingerprint density at radius 2 is 1.41 bits per heavy atom. The molecule has 0 aromatic heterocycles. The summed E-state index contributed by atoms with van der Waals surface area (Å²) in [5.41, 5.74) is 3.18. The van der Waals surface area contributed by atoms with Crippen molar-refractivity contribution in [3.8, 4) is 0 Å². The smallest absolute Gasteiger partial charge is 0.125 e. The number of halogens is 2. The lowest BCUT2D eigenvalue weighted by Gasteiger charge is -2.45. The maximum Gasteiger partial charge on any atom is 0.125 e. The molecular formula is C26H36ClFN4. The van der Waals surface area contributed by atoms with Gasteiger partial charge < -0.3 is 9.80 Å². The zero-order chi connectivity index (χ0) is 22.9. The highest BCUT2D eigenvalue weighted by Crippen LogP contribution is 2.36. The van der Waals surface area contributed by atoms with Gasteiger partial charge >= 0.3 is 0 Å². The van der Waals surface area contributed by atoms with Crippen LogP contribution in [0.5, 0.6) is 0 Å². The van der Waals surface area contributed by atoms with Gasteiger partial charge in [0.2, 0.25) is 0 Å². The van der Waals surface area contributed by atoms with Gasteiger partial charge in [-0.3, -0.25) is 9.80 Å². The monoisotopic (exact) mass is 458 g/mol. The van der Waals surface area contributed by atoms with Gasteiger partial charge in [0.05, 0.1) is 0 Å². The molecule has 2 aliphatic heterocycles. The van der Waals surface area contributed by atoms with E-state index in [2.05, 4.69) is 65.5 Å². The third-order valence-corrected chi connectivity index (χ3v) is 7.58. The first-order valence-corrected chi connectivity index (χ1v) is 12.2. The van der Waals surface area contributed by atoms with E-state index in [4.69, 9.17) is 11.6 Å². The standard InChI is InChI=1S/C26H36ClFN4/c1-20(2)29-10-12-30(13-11-29)23-8-9-24(25(27)19-23)26(3,4)32-16-14-31(15-17-32)22-7-5-6-21(28)18-22/h5-9,18-20H,10-17H2,1-4H3. The zero-order valence-electron chi connectivity index (χ0n) is 19.8. The molecule has 4 rings (SSSR count). The van der Waals surface area contributed by atoms with Crippen LogP contribution in [0.25, 0.3) is 0 Å². The molecule has 2 heterocycles. The molecule has 0 N–H and O–H groups in total. The van der Waals surface area contributed by atoms with Crippen LogP contribution in [0.1, 0.15) is 33.3 Å². The molecule has 0 amide bonds. The average molecular weight is 459 g/mol. The predicted octanol–water partition coefficient (Wildman–Crippen LogP) is 5.07. The van der Waals surface area contributed by atoms with Crippen LogP contribution in [0.15, 0.2) is 42.5 Å². The molecule has 0 atom stereocenters. The van der Waals surface area contributed by atoms with Crippen LogP contribution in [0.3, 0.4) is 0 Å². The topological polar surface area (TPSA) is 13.0 Å². The molecule has 0 spiro atoms. The van der Waals surface area contributed by atoms with Crippen LogP contribution in [-0.2, 0) is 5.54 Å². The van der Waals surface area contributed by atoms with Crippen LogP contribution in [-0.4, -0.2) is 68.2 Å². The Bertz CT molecular complexity index is 916. The third-order valence-electron chi connectivity index (χ3n) is 7.27. The number of benzene rings is 2. The summed E-state index contributed by atoms with van der Waals surface area (Å²) in [5, 5.41) is 0.839. The zero-order valence-corrected chi connectivity index (χ0v) is 20.6. The SMILES string of the molecule is CC(C)N1CCN(c2ccc(C(C)(C)N3CCN(c4cccc(F)c4)CC3)c(Cl)c2)CC1. The Balaban J connectivity index is 1.42. The summed E-state index contributed by atoms with van der Waals surface area (Å²) in [5.74, 6) is -0.178. The van der Waals surface area contributed by atoms with Gasteiger partial charge in [-0.1, -0.05) is 23.7 Å². The lowest BCUT2D eigenvalue weighted by molar-refractivity contribution is 0.111. The summed E-state index contributed by atoms with van der Waals surface area (Å²) in [6.07, 6.45) is 0. The first-order valence-electron chi connectivity index (χ1n) is 11.8. The van der Waals surface area contributed by atoms with Crippen molar-refractivity contribution in [2.24, 2.45) is 0 Å². The largest absolute Gasteiger partial charge is 0.369 e. The van der Waals surface area contributed by atoms with Crippen molar-refractivity contribution < 1.29 is 4.39 Å². The van der Waals surface area contributed by atoms with E-state index in [1.54, 1.807) is 12.1 Å². The van der Waals surface area contributed by atoms with Gasteiger partial charge in [-0.15, -0.1) is 0 Å². The van der Waals surface area contributed by atoms with Gasteiger partial charge in [0, 0.05) is 80.3 Å². The normalized spacial score (nSPS) is 19.1. The van der Waals surface area contributed by atoms with Crippen molar-refractivity contribution in [2.75, 3.05) is 62.2 Å². The first-order chi connectivity index (χ1) is 15.3. The Hall–Kier alpha value is -1.82. The molecule has 0 bridgehead atoms. The van der Waals surface area contributed by atoms with E-state index in [-0.39, 0.29) is 11.4 Å². The van der Waals surface area contributed by atoms with Gasteiger partial charge in [0.15, 0.2) is 0 Å². The highest BCUT2D eigenvalue weighted by atomic mass is 35.5. The van der Waals surface area contributed by atoms with Gasteiger partial charge in [-0.2, -0.15) is 0 Å². The van der Waals surface area contributed by atoms with Crippen LogP contribution < -0.4 is 9.80 Å². The van der Waals surface area contributed by atoms with Crippen molar-refractivity contribution in [3.05, 3.63) is 58.9 Å². The predicted molar refractivity (Wildman–Crippen MR) is 134 cm³/mol. The summed E-state index contributed by atoms with van der Waals surface area (Å²) in [6.45, 7) is 16.9. The molecule has 0 aliphatic carbocycles. The van der Waals surface area contributed by atoms with E-state index in [1.807, 2.05) is 6.07 Å². The maximum atomic E-state index is 13.6. The second kappa shape index (κ2) is 9.58. The number of rotatable bonds is 5. The van der Waals surface area contributed by atoms with Crippen LogP contribution in [0.4, 0.5) is 15.8 Å². The van der Waals surface area contributed by atoms with Crippen molar-refractivity contribution >= 4 is 23.0 Å². The summed E-state index contributed by atoms with van der Waals surface area (Å²) in [7, 11) is 0. The van der Waals surface area contributed by atoms with E-state index >= 15 is 0 Å². The molecule has 0 radical (unpaired) electrons. The number of hydrogen-bond acceptors (Lipinski definition) is 4. The first kappa shape index (κ1) is 23.3. The van der Waals surface area contributed by atoms with Gasteiger partial charge in [0.1, 0.15) is 5.82 Å². The van der Waals surface area contributed by atoms with Crippen molar-refractivity contribution in [2.45, 2.75) is 39.3 Å². The molecule has 2 aliphatic rings. The minimum atomic E-state index is -0.178. The van der Waals surface area contributed by atoms with E-state index in [0.29, 0.717) is 6.04 Å². The fourth-order valence-electron chi connectivity index (χ4n) is 5.06. The third kappa shape index (κ3) is 4.90. The summed E-state index contributed by atoms with van der Waals surface area (Å²) in [6, 6.07) is 14.1. The molecule has 2 aromatic rings. The van der Waals surface area contributed by atoms with Crippen molar-refractivity contribution in [3.63, 3.8) is 0 Å². The van der Waals surface area contributed by atoms with E-state index in [9.17, 15) is 4.39 Å². The molecule has 174 valence electrons. The van der Waals surface area contributed by atoms with Crippen molar-refractivity contribution in [1.82, 2.24) is 9.80 Å². The fourth-order valence-corrected chi connectivity index (χ4v) is 5.47. The lowest BCUT2D eigenvalue weighted by Crippen LogP contribution is -2.53. The van der Waals surface area contributed by atoms with Crippen LogP contribution in [0.2, 0.25) is 5.02 Å². The molecule has 2 fully saturated rings. The number of piperazine rings is 2. The summed E-state index contributed by atoms with van der Waals surface area (Å²) >= 11 is 6.86. The van der Waals surface area contributed by atoms with Crippen molar-refractivity contribution in [1.29, 1.82) is 0 Å². The molecule has 2 saturated heterocycles.